The zero-order chi connectivity index (χ0) is 12.1. The van der Waals surface area contributed by atoms with Gasteiger partial charge in [-0.25, -0.2) is 0 Å². The predicted octanol–water partition coefficient (Wildman–Crippen LogP) is 2.19. The maximum atomic E-state index is 11.6. The lowest BCUT2D eigenvalue weighted by Gasteiger charge is -2.11. The van der Waals surface area contributed by atoms with Crippen LogP contribution in [-0.4, -0.2) is 33.7 Å². The number of Topliss-reactive ketones (excluding diaryl/α,β-unsaturated/α-hetero) is 1. The number of methoxy groups -OCH3 is 3. The molecule has 1 rings (SSSR count). The van der Waals surface area contributed by atoms with Crippen LogP contribution in [0.15, 0.2) is 12.1 Å². The van der Waals surface area contributed by atoms with Gasteiger partial charge in [-0.05, 0) is 12.1 Å². The summed E-state index contributed by atoms with van der Waals surface area (Å²) in [7, 11) is 4.43. The Morgan fingerprint density at radius 2 is 1.94 bits per heavy atom. The topological polar surface area (TPSA) is 44.8 Å². The van der Waals surface area contributed by atoms with Crippen molar-refractivity contribution in [3.05, 3.63) is 22.7 Å². The van der Waals surface area contributed by atoms with E-state index in [1.54, 1.807) is 6.07 Å². The Hall–Kier alpha value is -1.26. The van der Waals surface area contributed by atoms with Gasteiger partial charge in [0.05, 0.1) is 19.2 Å². The zero-order valence-corrected chi connectivity index (χ0v) is 10.1. The molecule has 88 valence electrons. The van der Waals surface area contributed by atoms with Gasteiger partial charge >= 0.3 is 0 Å². The molecule has 4 nitrogen and oxygen atoms in total. The minimum absolute atomic E-state index is 0.00577. The Balaban J connectivity index is 3.15. The fourth-order valence-corrected chi connectivity index (χ4v) is 1.58. The summed E-state index contributed by atoms with van der Waals surface area (Å²) in [5.74, 6) is 0.679. The minimum Gasteiger partial charge on any atom is -0.493 e. The Labute approximate surface area is 99.1 Å². The quantitative estimate of drug-likeness (QED) is 0.745. The lowest BCUT2D eigenvalue weighted by Crippen LogP contribution is -2.07. The Morgan fingerprint density at radius 3 is 2.44 bits per heavy atom. The van der Waals surface area contributed by atoms with Gasteiger partial charge in [0.25, 0.3) is 0 Å². The standard InChI is InChI=1S/C11H13ClO4/c1-14-6-9(13)7-4-8(12)11(16-3)10(5-7)15-2/h4-5H,6H2,1-3H3. The van der Waals surface area contributed by atoms with Gasteiger partial charge in [-0.3, -0.25) is 4.79 Å². The molecule has 0 saturated carbocycles. The first kappa shape index (κ1) is 12.8. The smallest absolute Gasteiger partial charge is 0.188 e. The third kappa shape index (κ3) is 2.65. The van der Waals surface area contributed by atoms with Gasteiger partial charge < -0.3 is 14.2 Å². The predicted molar refractivity (Wildman–Crippen MR) is 60.8 cm³/mol. The van der Waals surface area contributed by atoms with Crippen LogP contribution in [0.4, 0.5) is 0 Å². The van der Waals surface area contributed by atoms with Crippen LogP contribution in [0.25, 0.3) is 0 Å². The molecule has 0 amide bonds. The van der Waals surface area contributed by atoms with E-state index in [0.29, 0.717) is 22.1 Å². The molecule has 16 heavy (non-hydrogen) atoms. The molecule has 5 heteroatoms. The first-order valence-corrected chi connectivity index (χ1v) is 4.95. The second-order valence-corrected chi connectivity index (χ2v) is 3.46. The summed E-state index contributed by atoms with van der Waals surface area (Å²) in [4.78, 5) is 11.6. The molecule has 0 aliphatic carbocycles. The highest BCUT2D eigenvalue weighted by Crippen LogP contribution is 2.36. The number of carbonyl (C=O) groups is 1. The highest BCUT2D eigenvalue weighted by Gasteiger charge is 2.14. The first-order chi connectivity index (χ1) is 7.63. The Bertz CT molecular complexity index is 390. The van der Waals surface area contributed by atoms with E-state index in [-0.39, 0.29) is 12.4 Å². The van der Waals surface area contributed by atoms with Gasteiger partial charge in [-0.2, -0.15) is 0 Å². The van der Waals surface area contributed by atoms with E-state index in [1.165, 1.54) is 27.4 Å². The third-order valence-electron chi connectivity index (χ3n) is 2.03. The molecular formula is C11H13ClO4. The van der Waals surface area contributed by atoms with Crippen LogP contribution < -0.4 is 9.47 Å². The maximum absolute atomic E-state index is 11.6. The fourth-order valence-electron chi connectivity index (χ4n) is 1.29. The molecule has 1 aromatic carbocycles. The van der Waals surface area contributed by atoms with Crippen molar-refractivity contribution >= 4 is 17.4 Å². The SMILES string of the molecule is COCC(=O)c1cc(Cl)c(OC)c(OC)c1. The summed E-state index contributed by atoms with van der Waals surface area (Å²) >= 11 is 5.96. The summed E-state index contributed by atoms with van der Waals surface area (Å²) in [6.45, 7) is 0.00577. The van der Waals surface area contributed by atoms with Gasteiger partial charge in [-0.1, -0.05) is 11.6 Å². The molecule has 0 spiro atoms. The number of ketones is 1. The molecule has 0 aromatic heterocycles. The molecule has 0 saturated heterocycles. The van der Waals surface area contributed by atoms with Crippen LogP contribution in [-0.2, 0) is 4.74 Å². The molecule has 0 aliphatic heterocycles. The Morgan fingerprint density at radius 1 is 1.25 bits per heavy atom. The summed E-state index contributed by atoms with van der Waals surface area (Å²) in [6.07, 6.45) is 0. The third-order valence-corrected chi connectivity index (χ3v) is 2.31. The highest BCUT2D eigenvalue weighted by atomic mass is 35.5. The molecule has 0 unspecified atom stereocenters. The molecule has 0 aliphatic rings. The number of benzene rings is 1. The molecular weight excluding hydrogens is 232 g/mol. The van der Waals surface area contributed by atoms with Gasteiger partial charge in [0.2, 0.25) is 0 Å². The van der Waals surface area contributed by atoms with Gasteiger partial charge in [0, 0.05) is 12.7 Å². The van der Waals surface area contributed by atoms with E-state index in [2.05, 4.69) is 0 Å². The van der Waals surface area contributed by atoms with Crippen molar-refractivity contribution < 1.29 is 19.0 Å². The second-order valence-electron chi connectivity index (χ2n) is 3.05. The fraction of sp³-hybridized carbons (Fsp3) is 0.364. The molecule has 0 radical (unpaired) electrons. The monoisotopic (exact) mass is 244 g/mol. The molecule has 0 fully saturated rings. The van der Waals surface area contributed by atoms with Crippen LogP contribution in [0.2, 0.25) is 5.02 Å². The number of carbonyl (C=O) groups excluding carboxylic acids is 1. The number of rotatable bonds is 5. The number of hydrogen-bond acceptors (Lipinski definition) is 4. The van der Waals surface area contributed by atoms with Crippen LogP contribution in [0, 0.1) is 0 Å². The summed E-state index contributed by atoms with van der Waals surface area (Å²) < 4.78 is 14.9. The van der Waals surface area contributed by atoms with Crippen molar-refractivity contribution in [2.75, 3.05) is 27.9 Å². The lowest BCUT2D eigenvalue weighted by atomic mass is 10.1. The van der Waals surface area contributed by atoms with Crippen LogP contribution in [0.3, 0.4) is 0 Å². The number of hydrogen-bond donors (Lipinski definition) is 0. The van der Waals surface area contributed by atoms with Gasteiger partial charge in [0.15, 0.2) is 17.3 Å². The minimum atomic E-state index is -0.162. The number of halogens is 1. The molecule has 0 bridgehead atoms. The molecule has 0 N–H and O–H groups in total. The molecule has 0 heterocycles. The summed E-state index contributed by atoms with van der Waals surface area (Å²) in [6, 6.07) is 3.11. The molecule has 0 atom stereocenters. The Kier molecular flexibility index (Phi) is 4.58. The highest BCUT2D eigenvalue weighted by molar-refractivity contribution is 6.32. The molecule has 1 aromatic rings. The van der Waals surface area contributed by atoms with Crippen molar-refractivity contribution in [1.82, 2.24) is 0 Å². The lowest BCUT2D eigenvalue weighted by molar-refractivity contribution is 0.0847. The van der Waals surface area contributed by atoms with E-state index in [1.807, 2.05) is 0 Å². The van der Waals surface area contributed by atoms with E-state index in [9.17, 15) is 4.79 Å². The maximum Gasteiger partial charge on any atom is 0.188 e. The first-order valence-electron chi connectivity index (χ1n) is 4.57. The van der Waals surface area contributed by atoms with Crippen molar-refractivity contribution in [3.63, 3.8) is 0 Å². The van der Waals surface area contributed by atoms with Crippen LogP contribution in [0.5, 0.6) is 11.5 Å². The summed E-state index contributed by atoms with van der Waals surface area (Å²) in [5.41, 5.74) is 0.435. The summed E-state index contributed by atoms with van der Waals surface area (Å²) in [5, 5.41) is 0.335. The van der Waals surface area contributed by atoms with Crippen LogP contribution >= 0.6 is 11.6 Å². The van der Waals surface area contributed by atoms with Crippen molar-refractivity contribution in [2.45, 2.75) is 0 Å². The number of ether oxygens (including phenoxy) is 3. The van der Waals surface area contributed by atoms with Crippen molar-refractivity contribution in [1.29, 1.82) is 0 Å². The second kappa shape index (κ2) is 5.72. The van der Waals surface area contributed by atoms with E-state index in [0.717, 1.165) is 0 Å². The van der Waals surface area contributed by atoms with E-state index in [4.69, 9.17) is 25.8 Å². The van der Waals surface area contributed by atoms with E-state index >= 15 is 0 Å². The normalized spacial score (nSPS) is 10.0. The van der Waals surface area contributed by atoms with Crippen molar-refractivity contribution in [2.24, 2.45) is 0 Å². The largest absolute Gasteiger partial charge is 0.493 e. The van der Waals surface area contributed by atoms with Gasteiger partial charge in [0.1, 0.15) is 6.61 Å². The van der Waals surface area contributed by atoms with Gasteiger partial charge in [-0.15, -0.1) is 0 Å². The average Bonchev–Trinajstić information content (AvgIpc) is 2.28. The van der Waals surface area contributed by atoms with Crippen molar-refractivity contribution in [3.8, 4) is 11.5 Å². The average molecular weight is 245 g/mol. The van der Waals surface area contributed by atoms with E-state index < -0.39 is 0 Å². The van der Waals surface area contributed by atoms with Crippen LogP contribution in [0.1, 0.15) is 10.4 Å². The zero-order valence-electron chi connectivity index (χ0n) is 9.37.